The van der Waals surface area contributed by atoms with E-state index in [0.29, 0.717) is 6.04 Å². The van der Waals surface area contributed by atoms with Crippen LogP contribution in [0, 0.1) is 0 Å². The van der Waals surface area contributed by atoms with Crippen LogP contribution < -0.4 is 5.32 Å². The van der Waals surface area contributed by atoms with E-state index in [2.05, 4.69) is 44.1 Å². The van der Waals surface area contributed by atoms with Crippen LogP contribution in [-0.4, -0.2) is 6.04 Å². The molecule has 0 aliphatic rings. The molecule has 17 heavy (non-hydrogen) atoms. The van der Waals surface area contributed by atoms with Gasteiger partial charge in [0.25, 0.3) is 0 Å². The lowest BCUT2D eigenvalue weighted by Gasteiger charge is -2.15. The van der Waals surface area contributed by atoms with Crippen LogP contribution >= 0.6 is 31.9 Å². The highest BCUT2D eigenvalue weighted by Gasteiger charge is 2.07. The van der Waals surface area contributed by atoms with Crippen molar-refractivity contribution in [2.45, 2.75) is 19.4 Å². The SMILES string of the molecule is CC(Cc1ccco1)Nc1ccc(Br)cc1Br. The monoisotopic (exact) mass is 357 g/mol. The van der Waals surface area contributed by atoms with Crippen molar-refractivity contribution in [3.05, 3.63) is 51.3 Å². The minimum Gasteiger partial charge on any atom is -0.469 e. The Morgan fingerprint density at radius 3 is 2.76 bits per heavy atom. The molecule has 0 aliphatic heterocycles. The van der Waals surface area contributed by atoms with E-state index in [1.54, 1.807) is 6.26 Å². The molecule has 90 valence electrons. The van der Waals surface area contributed by atoms with Gasteiger partial charge in [-0.2, -0.15) is 0 Å². The predicted octanol–water partition coefficient (Wildman–Crippen LogP) is 4.85. The van der Waals surface area contributed by atoms with Gasteiger partial charge in [0.2, 0.25) is 0 Å². The lowest BCUT2D eigenvalue weighted by Crippen LogP contribution is -2.17. The lowest BCUT2D eigenvalue weighted by molar-refractivity contribution is 0.498. The largest absolute Gasteiger partial charge is 0.469 e. The third kappa shape index (κ3) is 3.61. The van der Waals surface area contributed by atoms with E-state index in [1.807, 2.05) is 30.3 Å². The first-order valence-electron chi connectivity index (χ1n) is 5.39. The van der Waals surface area contributed by atoms with Crippen molar-refractivity contribution < 1.29 is 4.42 Å². The molecule has 0 saturated heterocycles. The number of benzene rings is 1. The second kappa shape index (κ2) is 5.74. The number of furan rings is 1. The standard InChI is InChI=1S/C13H13Br2NO/c1-9(7-11-3-2-6-17-11)16-13-5-4-10(14)8-12(13)15/h2-6,8-9,16H,7H2,1H3. The van der Waals surface area contributed by atoms with Gasteiger partial charge in [-0.1, -0.05) is 15.9 Å². The smallest absolute Gasteiger partial charge is 0.105 e. The molecule has 1 N–H and O–H groups in total. The Hall–Kier alpha value is -0.740. The molecule has 4 heteroatoms. The molecule has 0 amide bonds. The Kier molecular flexibility index (Phi) is 4.29. The molecule has 0 saturated carbocycles. The maximum Gasteiger partial charge on any atom is 0.105 e. The van der Waals surface area contributed by atoms with E-state index in [-0.39, 0.29) is 0 Å². The summed E-state index contributed by atoms with van der Waals surface area (Å²) in [5, 5.41) is 3.45. The van der Waals surface area contributed by atoms with Gasteiger partial charge in [0.15, 0.2) is 0 Å². The molecular weight excluding hydrogens is 346 g/mol. The van der Waals surface area contributed by atoms with Crippen molar-refractivity contribution in [2.75, 3.05) is 5.32 Å². The third-order valence-electron chi connectivity index (χ3n) is 2.42. The molecule has 1 aromatic carbocycles. The van der Waals surface area contributed by atoms with Crippen LogP contribution in [0.5, 0.6) is 0 Å². The number of hydrogen-bond donors (Lipinski definition) is 1. The summed E-state index contributed by atoms with van der Waals surface area (Å²) in [7, 11) is 0. The highest BCUT2D eigenvalue weighted by Crippen LogP contribution is 2.27. The first kappa shape index (κ1) is 12.7. The summed E-state index contributed by atoms with van der Waals surface area (Å²) in [6.07, 6.45) is 2.58. The molecule has 2 nitrogen and oxygen atoms in total. The molecule has 0 fully saturated rings. The minimum absolute atomic E-state index is 0.318. The number of rotatable bonds is 4. The first-order valence-corrected chi connectivity index (χ1v) is 6.97. The van der Waals surface area contributed by atoms with E-state index >= 15 is 0 Å². The Labute approximate surface area is 118 Å². The van der Waals surface area contributed by atoms with Crippen molar-refractivity contribution in [3.8, 4) is 0 Å². The summed E-state index contributed by atoms with van der Waals surface area (Å²) in [5.74, 6) is 0.998. The zero-order valence-electron chi connectivity index (χ0n) is 9.41. The molecule has 0 spiro atoms. The van der Waals surface area contributed by atoms with E-state index in [9.17, 15) is 0 Å². The fraction of sp³-hybridized carbons (Fsp3) is 0.231. The summed E-state index contributed by atoms with van der Waals surface area (Å²) in [6, 6.07) is 10.3. The minimum atomic E-state index is 0.318. The van der Waals surface area contributed by atoms with E-state index in [1.165, 1.54) is 0 Å². The van der Waals surface area contributed by atoms with Crippen LogP contribution in [0.15, 0.2) is 50.0 Å². The Bertz CT molecular complexity index is 482. The van der Waals surface area contributed by atoms with Gasteiger partial charge in [0.1, 0.15) is 5.76 Å². The number of anilines is 1. The van der Waals surface area contributed by atoms with Crippen LogP contribution in [0.2, 0.25) is 0 Å². The Morgan fingerprint density at radius 1 is 1.29 bits per heavy atom. The van der Waals surface area contributed by atoms with Gasteiger partial charge in [-0.3, -0.25) is 0 Å². The maximum absolute atomic E-state index is 5.33. The zero-order chi connectivity index (χ0) is 12.3. The molecule has 1 atom stereocenters. The fourth-order valence-electron chi connectivity index (χ4n) is 1.65. The molecule has 0 radical (unpaired) electrons. The van der Waals surface area contributed by atoms with Gasteiger partial charge in [0.05, 0.1) is 6.26 Å². The summed E-state index contributed by atoms with van der Waals surface area (Å²) in [4.78, 5) is 0. The van der Waals surface area contributed by atoms with Crippen molar-refractivity contribution in [1.82, 2.24) is 0 Å². The second-order valence-electron chi connectivity index (χ2n) is 3.95. The molecular formula is C13H13Br2NO. The first-order chi connectivity index (χ1) is 8.15. The average molecular weight is 359 g/mol. The van der Waals surface area contributed by atoms with Crippen LogP contribution in [0.3, 0.4) is 0 Å². The van der Waals surface area contributed by atoms with Crippen LogP contribution in [0.25, 0.3) is 0 Å². The molecule has 0 aliphatic carbocycles. The molecule has 1 aromatic heterocycles. The normalized spacial score (nSPS) is 12.4. The summed E-state index contributed by atoms with van der Waals surface area (Å²) < 4.78 is 7.45. The summed E-state index contributed by atoms with van der Waals surface area (Å²) in [6.45, 7) is 2.14. The molecule has 1 heterocycles. The number of halogens is 2. The van der Waals surface area contributed by atoms with E-state index in [0.717, 1.165) is 26.8 Å². The highest BCUT2D eigenvalue weighted by atomic mass is 79.9. The van der Waals surface area contributed by atoms with Gasteiger partial charge in [-0.25, -0.2) is 0 Å². The van der Waals surface area contributed by atoms with Crippen LogP contribution in [0.4, 0.5) is 5.69 Å². The van der Waals surface area contributed by atoms with E-state index in [4.69, 9.17) is 4.42 Å². The van der Waals surface area contributed by atoms with Crippen molar-refractivity contribution in [2.24, 2.45) is 0 Å². The number of nitrogens with one attached hydrogen (secondary N) is 1. The molecule has 0 bridgehead atoms. The predicted molar refractivity (Wildman–Crippen MR) is 77.3 cm³/mol. The molecule has 1 unspecified atom stereocenters. The van der Waals surface area contributed by atoms with Gasteiger partial charge in [-0.05, 0) is 53.2 Å². The fourth-order valence-corrected chi connectivity index (χ4v) is 2.82. The van der Waals surface area contributed by atoms with Crippen molar-refractivity contribution in [1.29, 1.82) is 0 Å². The van der Waals surface area contributed by atoms with Crippen LogP contribution in [-0.2, 0) is 6.42 Å². The van der Waals surface area contributed by atoms with Gasteiger partial charge in [0, 0.05) is 27.1 Å². The maximum atomic E-state index is 5.33. The van der Waals surface area contributed by atoms with Gasteiger partial charge < -0.3 is 9.73 Å². The topological polar surface area (TPSA) is 25.2 Å². The van der Waals surface area contributed by atoms with Gasteiger partial charge >= 0.3 is 0 Å². The summed E-state index contributed by atoms with van der Waals surface area (Å²) in [5.41, 5.74) is 1.09. The van der Waals surface area contributed by atoms with Crippen molar-refractivity contribution >= 4 is 37.5 Å². The second-order valence-corrected chi connectivity index (χ2v) is 5.72. The van der Waals surface area contributed by atoms with E-state index < -0.39 is 0 Å². The number of hydrogen-bond acceptors (Lipinski definition) is 2. The van der Waals surface area contributed by atoms with Crippen molar-refractivity contribution in [3.63, 3.8) is 0 Å². The molecule has 2 aromatic rings. The summed E-state index contributed by atoms with van der Waals surface area (Å²) >= 11 is 6.98. The van der Waals surface area contributed by atoms with Gasteiger partial charge in [-0.15, -0.1) is 0 Å². The Morgan fingerprint density at radius 2 is 2.12 bits per heavy atom. The average Bonchev–Trinajstić information content (AvgIpc) is 2.75. The Balaban J connectivity index is 2.00. The molecule has 2 rings (SSSR count). The van der Waals surface area contributed by atoms with Crippen LogP contribution in [0.1, 0.15) is 12.7 Å². The zero-order valence-corrected chi connectivity index (χ0v) is 12.6. The lowest BCUT2D eigenvalue weighted by atomic mass is 10.2. The quantitative estimate of drug-likeness (QED) is 0.845. The highest BCUT2D eigenvalue weighted by molar-refractivity contribution is 9.11. The third-order valence-corrected chi connectivity index (χ3v) is 3.57.